The second-order valence-electron chi connectivity index (χ2n) is 4.10. The molecule has 4 nitrogen and oxygen atoms in total. The Balaban J connectivity index is 3.48. The smallest absolute Gasteiger partial charge is 0.330 e. The van der Waals surface area contributed by atoms with E-state index in [4.69, 9.17) is 4.74 Å². The average molecular weight is 229 g/mol. The summed E-state index contributed by atoms with van der Waals surface area (Å²) in [5.41, 5.74) is 0. The number of aliphatic hydroxyl groups is 1. The number of aliphatic hydroxyl groups excluding tert-OH is 1. The summed E-state index contributed by atoms with van der Waals surface area (Å²) in [5.74, 6) is 0.166. The van der Waals surface area contributed by atoms with Crippen molar-refractivity contribution in [1.29, 1.82) is 0 Å². The summed E-state index contributed by atoms with van der Waals surface area (Å²) in [6.45, 7) is 7.42. The summed E-state index contributed by atoms with van der Waals surface area (Å²) in [7, 11) is 0. The van der Waals surface area contributed by atoms with Crippen LogP contribution in [-0.2, 0) is 9.53 Å². The van der Waals surface area contributed by atoms with Gasteiger partial charge in [-0.15, -0.1) is 0 Å². The second-order valence-corrected chi connectivity index (χ2v) is 4.10. The van der Waals surface area contributed by atoms with Gasteiger partial charge in [0.15, 0.2) is 0 Å². The first-order valence-corrected chi connectivity index (χ1v) is 5.78. The van der Waals surface area contributed by atoms with Crippen LogP contribution in [0.4, 0.5) is 0 Å². The zero-order chi connectivity index (χ0) is 12.4. The van der Waals surface area contributed by atoms with Crippen molar-refractivity contribution in [3.05, 3.63) is 12.2 Å². The number of ether oxygens (including phenoxy) is 1. The molecule has 0 aromatic carbocycles. The minimum Gasteiger partial charge on any atom is -0.463 e. The summed E-state index contributed by atoms with van der Waals surface area (Å²) in [6.07, 6.45) is 3.55. The van der Waals surface area contributed by atoms with Crippen LogP contribution in [0.1, 0.15) is 27.2 Å². The Labute approximate surface area is 97.7 Å². The molecule has 0 rings (SSSR count). The van der Waals surface area contributed by atoms with Gasteiger partial charge in [0.2, 0.25) is 0 Å². The van der Waals surface area contributed by atoms with Crippen LogP contribution in [0.5, 0.6) is 0 Å². The molecular formula is C12H23NO3. The van der Waals surface area contributed by atoms with E-state index in [0.717, 1.165) is 6.42 Å². The summed E-state index contributed by atoms with van der Waals surface area (Å²) < 4.78 is 4.72. The Morgan fingerprint density at radius 2 is 2.19 bits per heavy atom. The molecule has 0 aliphatic heterocycles. The van der Waals surface area contributed by atoms with Crippen molar-refractivity contribution in [1.82, 2.24) is 5.32 Å². The van der Waals surface area contributed by atoms with Crippen LogP contribution in [0.3, 0.4) is 0 Å². The molecular weight excluding hydrogens is 206 g/mol. The number of rotatable bonds is 8. The normalized spacial score (nSPS) is 13.3. The van der Waals surface area contributed by atoms with Crippen LogP contribution in [0, 0.1) is 5.92 Å². The fourth-order valence-corrected chi connectivity index (χ4v) is 1.31. The van der Waals surface area contributed by atoms with E-state index in [1.54, 1.807) is 13.0 Å². The lowest BCUT2D eigenvalue weighted by Crippen LogP contribution is -2.28. The minimum atomic E-state index is -0.327. The van der Waals surface area contributed by atoms with E-state index in [1.165, 1.54) is 6.08 Å². The zero-order valence-corrected chi connectivity index (χ0v) is 10.4. The van der Waals surface area contributed by atoms with Gasteiger partial charge >= 0.3 is 5.97 Å². The number of esters is 1. The molecule has 1 atom stereocenters. The maximum atomic E-state index is 10.9. The molecule has 0 bridgehead atoms. The first-order chi connectivity index (χ1) is 7.56. The van der Waals surface area contributed by atoms with Crippen molar-refractivity contribution in [2.75, 3.05) is 19.7 Å². The summed E-state index contributed by atoms with van der Waals surface area (Å²) in [6, 6.07) is 0. The maximum Gasteiger partial charge on any atom is 0.330 e. The largest absolute Gasteiger partial charge is 0.463 e. The lowest BCUT2D eigenvalue weighted by molar-refractivity contribution is -0.137. The highest BCUT2D eigenvalue weighted by atomic mass is 16.5. The van der Waals surface area contributed by atoms with Gasteiger partial charge in [-0.2, -0.15) is 0 Å². The molecule has 4 heteroatoms. The standard InChI is InChI=1S/C12H23NO3/c1-4-16-12(15)6-5-7-13-9-11(14)8-10(2)3/h5-6,10-11,13-14H,4,7-9H2,1-3H3/b6-5+. The highest BCUT2D eigenvalue weighted by molar-refractivity contribution is 5.81. The van der Waals surface area contributed by atoms with Crippen LogP contribution >= 0.6 is 0 Å². The van der Waals surface area contributed by atoms with Crippen LogP contribution in [0.2, 0.25) is 0 Å². The summed E-state index contributed by atoms with van der Waals surface area (Å²) in [5, 5.41) is 12.6. The van der Waals surface area contributed by atoms with Crippen molar-refractivity contribution >= 4 is 5.97 Å². The quantitative estimate of drug-likeness (QED) is 0.372. The highest BCUT2D eigenvalue weighted by Crippen LogP contribution is 2.02. The first-order valence-electron chi connectivity index (χ1n) is 5.78. The van der Waals surface area contributed by atoms with Crippen molar-refractivity contribution in [3.63, 3.8) is 0 Å². The van der Waals surface area contributed by atoms with E-state index >= 15 is 0 Å². The van der Waals surface area contributed by atoms with Crippen molar-refractivity contribution < 1.29 is 14.6 Å². The first kappa shape index (κ1) is 15.1. The number of hydrogen-bond donors (Lipinski definition) is 2. The van der Waals surface area contributed by atoms with Gasteiger partial charge in [0.1, 0.15) is 0 Å². The second kappa shape index (κ2) is 9.36. The molecule has 0 aliphatic carbocycles. The predicted octanol–water partition coefficient (Wildman–Crippen LogP) is 1.10. The SMILES string of the molecule is CCOC(=O)/C=C/CNCC(O)CC(C)C. The fraction of sp³-hybridized carbons (Fsp3) is 0.750. The molecule has 0 aromatic heterocycles. The topological polar surface area (TPSA) is 58.6 Å². The average Bonchev–Trinajstić information content (AvgIpc) is 2.16. The summed E-state index contributed by atoms with van der Waals surface area (Å²) >= 11 is 0. The minimum absolute atomic E-state index is 0.323. The number of nitrogens with one attached hydrogen (secondary N) is 1. The van der Waals surface area contributed by atoms with Gasteiger partial charge in [-0.05, 0) is 19.3 Å². The number of carbonyl (C=O) groups excluding carboxylic acids is 1. The summed E-state index contributed by atoms with van der Waals surface area (Å²) in [4.78, 5) is 10.9. The van der Waals surface area contributed by atoms with Gasteiger partial charge in [-0.25, -0.2) is 4.79 Å². The van der Waals surface area contributed by atoms with Gasteiger partial charge in [0.05, 0.1) is 12.7 Å². The highest BCUT2D eigenvalue weighted by Gasteiger charge is 2.05. The van der Waals surface area contributed by atoms with Crippen molar-refractivity contribution in [3.8, 4) is 0 Å². The third kappa shape index (κ3) is 9.68. The molecule has 0 spiro atoms. The van der Waals surface area contributed by atoms with Crippen LogP contribution in [0.15, 0.2) is 12.2 Å². The third-order valence-electron chi connectivity index (χ3n) is 1.93. The monoisotopic (exact) mass is 229 g/mol. The fourth-order valence-electron chi connectivity index (χ4n) is 1.31. The Morgan fingerprint density at radius 1 is 1.50 bits per heavy atom. The third-order valence-corrected chi connectivity index (χ3v) is 1.93. The Bertz CT molecular complexity index is 214. The molecule has 94 valence electrons. The maximum absolute atomic E-state index is 10.9. The van der Waals surface area contributed by atoms with Crippen LogP contribution < -0.4 is 5.32 Å². The van der Waals surface area contributed by atoms with Crippen LogP contribution in [0.25, 0.3) is 0 Å². The van der Waals surface area contributed by atoms with E-state index in [9.17, 15) is 9.90 Å². The molecule has 0 saturated carbocycles. The lowest BCUT2D eigenvalue weighted by Gasteiger charge is -2.12. The van der Waals surface area contributed by atoms with E-state index in [-0.39, 0.29) is 12.1 Å². The Kier molecular flexibility index (Phi) is 8.85. The van der Waals surface area contributed by atoms with E-state index in [2.05, 4.69) is 19.2 Å². The number of hydrogen-bond acceptors (Lipinski definition) is 4. The molecule has 0 aromatic rings. The molecule has 0 radical (unpaired) electrons. The van der Waals surface area contributed by atoms with Crippen molar-refractivity contribution in [2.24, 2.45) is 5.92 Å². The van der Waals surface area contributed by atoms with Gasteiger partial charge in [0.25, 0.3) is 0 Å². The molecule has 0 heterocycles. The molecule has 0 fully saturated rings. The Morgan fingerprint density at radius 3 is 2.75 bits per heavy atom. The predicted molar refractivity (Wildman–Crippen MR) is 64.1 cm³/mol. The molecule has 2 N–H and O–H groups in total. The molecule has 0 amide bonds. The van der Waals surface area contributed by atoms with Crippen LogP contribution in [-0.4, -0.2) is 36.9 Å². The Hall–Kier alpha value is -0.870. The molecule has 0 aliphatic rings. The van der Waals surface area contributed by atoms with E-state index in [1.807, 2.05) is 0 Å². The van der Waals surface area contributed by atoms with Gasteiger partial charge in [-0.3, -0.25) is 0 Å². The van der Waals surface area contributed by atoms with E-state index in [0.29, 0.717) is 25.6 Å². The molecule has 16 heavy (non-hydrogen) atoms. The molecule has 1 unspecified atom stereocenters. The van der Waals surface area contributed by atoms with Gasteiger partial charge < -0.3 is 15.2 Å². The van der Waals surface area contributed by atoms with Crippen molar-refractivity contribution in [2.45, 2.75) is 33.3 Å². The van der Waals surface area contributed by atoms with Gasteiger partial charge in [-0.1, -0.05) is 19.9 Å². The van der Waals surface area contributed by atoms with Gasteiger partial charge in [0, 0.05) is 19.2 Å². The zero-order valence-electron chi connectivity index (χ0n) is 10.4. The van der Waals surface area contributed by atoms with E-state index < -0.39 is 0 Å². The number of carbonyl (C=O) groups is 1. The molecule has 0 saturated heterocycles. The lowest BCUT2D eigenvalue weighted by atomic mass is 10.1.